The molecule has 5 rings (SSSR count). The van der Waals surface area contributed by atoms with Crippen molar-refractivity contribution in [3.63, 3.8) is 0 Å². The van der Waals surface area contributed by atoms with E-state index in [9.17, 15) is 13.6 Å². The molecule has 0 saturated carbocycles. The Morgan fingerprint density at radius 1 is 1.22 bits per heavy atom. The van der Waals surface area contributed by atoms with Crippen molar-refractivity contribution in [2.75, 3.05) is 31.6 Å². The second-order valence-electron chi connectivity index (χ2n) is 10.3. The fraction of sp³-hybridized carbons (Fsp3) is 0.538. The lowest BCUT2D eigenvalue weighted by atomic mass is 9.88. The smallest absolute Gasteiger partial charge is 0.317 e. The van der Waals surface area contributed by atoms with Gasteiger partial charge in [-0.1, -0.05) is 0 Å². The SMILES string of the molecule is CNC(=O)N1CCC2=C(C1)C(C)(N1CCCc3cc(-c4cnn(C)c4)c(C(F)F)cc31)NN2C(C)C. The Kier molecular flexibility index (Phi) is 6.18. The third kappa shape index (κ3) is 3.91. The maximum Gasteiger partial charge on any atom is 0.317 e. The number of nitrogens with one attached hydrogen (secondary N) is 2. The number of halogens is 2. The van der Waals surface area contributed by atoms with Gasteiger partial charge in [-0.2, -0.15) is 5.10 Å². The van der Waals surface area contributed by atoms with E-state index < -0.39 is 12.1 Å². The molecule has 10 heteroatoms. The van der Waals surface area contributed by atoms with Crippen LogP contribution in [0.1, 0.15) is 51.2 Å². The topological polar surface area (TPSA) is 68.7 Å². The van der Waals surface area contributed by atoms with Crippen molar-refractivity contribution < 1.29 is 13.6 Å². The lowest BCUT2D eigenvalue weighted by molar-refractivity contribution is 0.151. The Bertz CT molecular complexity index is 1210. The van der Waals surface area contributed by atoms with E-state index >= 15 is 0 Å². The van der Waals surface area contributed by atoms with Crippen molar-refractivity contribution in [2.45, 2.75) is 58.2 Å². The summed E-state index contributed by atoms with van der Waals surface area (Å²) in [5.41, 5.74) is 8.52. The molecular weight excluding hydrogens is 464 g/mol. The van der Waals surface area contributed by atoms with Gasteiger partial charge in [-0.05, 0) is 56.9 Å². The molecule has 0 bridgehead atoms. The molecule has 8 nitrogen and oxygen atoms in total. The van der Waals surface area contributed by atoms with E-state index in [2.05, 4.69) is 46.5 Å². The summed E-state index contributed by atoms with van der Waals surface area (Å²) in [4.78, 5) is 16.6. The quantitative estimate of drug-likeness (QED) is 0.665. The van der Waals surface area contributed by atoms with Gasteiger partial charge in [0.15, 0.2) is 0 Å². The first-order chi connectivity index (χ1) is 17.1. The van der Waals surface area contributed by atoms with Crippen LogP contribution in [0.25, 0.3) is 11.1 Å². The van der Waals surface area contributed by atoms with Gasteiger partial charge in [0.25, 0.3) is 6.43 Å². The standard InChI is InChI=1S/C26H35F2N7O/c1-16(2)35-22-8-10-33(25(36)29-4)15-21(22)26(3,31-35)34-9-6-7-17-11-19(18-13-30-32(5)14-18)20(24(27)28)12-23(17)34/h11-14,16,24,31H,6-10,15H2,1-5H3,(H,29,36). The number of benzene rings is 1. The number of carbonyl (C=O) groups excluding carboxylic acids is 1. The first kappa shape index (κ1) is 24.5. The minimum absolute atomic E-state index is 0.0146. The van der Waals surface area contributed by atoms with Crippen LogP contribution in [0.2, 0.25) is 0 Å². The Labute approximate surface area is 210 Å². The van der Waals surface area contributed by atoms with Crippen LogP contribution in [0, 0.1) is 0 Å². The highest BCUT2D eigenvalue weighted by atomic mass is 19.3. The van der Waals surface area contributed by atoms with E-state index in [-0.39, 0.29) is 17.6 Å². The minimum Gasteiger partial charge on any atom is -0.348 e. The number of hydrogen-bond donors (Lipinski definition) is 2. The molecule has 3 aliphatic heterocycles. The molecule has 36 heavy (non-hydrogen) atoms. The second kappa shape index (κ2) is 9.06. The molecule has 2 aromatic rings. The number of carbonyl (C=O) groups is 1. The number of rotatable bonds is 4. The average molecular weight is 500 g/mol. The highest BCUT2D eigenvalue weighted by molar-refractivity contribution is 5.76. The van der Waals surface area contributed by atoms with Gasteiger partial charge in [0.2, 0.25) is 0 Å². The zero-order valence-electron chi connectivity index (χ0n) is 21.6. The van der Waals surface area contributed by atoms with E-state index in [4.69, 9.17) is 0 Å². The first-order valence-electron chi connectivity index (χ1n) is 12.6. The number of aryl methyl sites for hydroxylation is 2. The van der Waals surface area contributed by atoms with Crippen molar-refractivity contribution in [1.29, 1.82) is 0 Å². The van der Waals surface area contributed by atoms with Crippen molar-refractivity contribution in [2.24, 2.45) is 7.05 Å². The Hall–Kier alpha value is -3.14. The fourth-order valence-electron chi connectivity index (χ4n) is 5.92. The predicted molar refractivity (Wildman–Crippen MR) is 135 cm³/mol. The second-order valence-corrected chi connectivity index (χ2v) is 10.3. The summed E-state index contributed by atoms with van der Waals surface area (Å²) in [6.07, 6.45) is 3.28. The van der Waals surface area contributed by atoms with E-state index in [1.54, 1.807) is 37.2 Å². The molecule has 0 spiro atoms. The molecule has 194 valence electrons. The predicted octanol–water partition coefficient (Wildman–Crippen LogP) is 4.02. The molecule has 1 unspecified atom stereocenters. The molecule has 0 radical (unpaired) electrons. The minimum atomic E-state index is -2.61. The molecule has 0 saturated heterocycles. The number of nitrogens with zero attached hydrogens (tertiary/aromatic N) is 5. The first-order valence-corrected chi connectivity index (χ1v) is 12.6. The Balaban J connectivity index is 1.60. The van der Waals surface area contributed by atoms with E-state index in [0.29, 0.717) is 24.2 Å². The largest absolute Gasteiger partial charge is 0.348 e. The molecular formula is C26H35F2N7O. The highest BCUT2D eigenvalue weighted by Gasteiger charge is 2.49. The summed E-state index contributed by atoms with van der Waals surface area (Å²) in [5.74, 6) is 0. The maximum atomic E-state index is 14.4. The van der Waals surface area contributed by atoms with Crippen LogP contribution in [0.15, 0.2) is 35.8 Å². The zero-order chi connectivity index (χ0) is 25.8. The summed E-state index contributed by atoms with van der Waals surface area (Å²) in [5, 5.41) is 9.13. The van der Waals surface area contributed by atoms with Crippen LogP contribution in [0.4, 0.5) is 19.3 Å². The number of fused-ring (bicyclic) bond motifs is 1. The summed E-state index contributed by atoms with van der Waals surface area (Å²) in [6.45, 7) is 8.24. The van der Waals surface area contributed by atoms with Crippen LogP contribution in [0.5, 0.6) is 0 Å². The van der Waals surface area contributed by atoms with Gasteiger partial charge in [-0.3, -0.25) is 4.68 Å². The van der Waals surface area contributed by atoms with Crippen LogP contribution in [0.3, 0.4) is 0 Å². The number of anilines is 1. The molecule has 4 heterocycles. The van der Waals surface area contributed by atoms with E-state index in [1.807, 2.05) is 11.0 Å². The normalized spacial score (nSPS) is 22.0. The summed E-state index contributed by atoms with van der Waals surface area (Å²) in [6, 6.07) is 3.70. The van der Waals surface area contributed by atoms with Crippen LogP contribution >= 0.6 is 0 Å². The third-order valence-electron chi connectivity index (χ3n) is 7.71. The van der Waals surface area contributed by atoms with Gasteiger partial charge in [0.05, 0.1) is 6.20 Å². The molecule has 0 fully saturated rings. The zero-order valence-corrected chi connectivity index (χ0v) is 21.6. The highest BCUT2D eigenvalue weighted by Crippen LogP contribution is 2.45. The summed E-state index contributed by atoms with van der Waals surface area (Å²) < 4.78 is 30.4. The van der Waals surface area contributed by atoms with E-state index in [1.165, 1.54) is 5.70 Å². The number of amides is 2. The number of hydrogen-bond acceptors (Lipinski definition) is 5. The molecule has 2 N–H and O–H groups in total. The molecule has 1 aromatic heterocycles. The van der Waals surface area contributed by atoms with Crippen molar-refractivity contribution in [3.05, 3.63) is 46.9 Å². The monoisotopic (exact) mass is 499 g/mol. The average Bonchev–Trinajstić information content (AvgIpc) is 3.43. The van der Waals surface area contributed by atoms with Crippen molar-refractivity contribution >= 4 is 11.7 Å². The third-order valence-corrected chi connectivity index (χ3v) is 7.71. The lowest BCUT2D eigenvalue weighted by Gasteiger charge is -2.46. The van der Waals surface area contributed by atoms with Gasteiger partial charge in [-0.15, -0.1) is 0 Å². The van der Waals surface area contributed by atoms with Gasteiger partial charge in [-0.25, -0.2) is 19.0 Å². The number of urea groups is 1. The summed E-state index contributed by atoms with van der Waals surface area (Å²) >= 11 is 0. The van der Waals surface area contributed by atoms with E-state index in [0.717, 1.165) is 42.6 Å². The van der Waals surface area contributed by atoms with Gasteiger partial charge in [0.1, 0.15) is 5.66 Å². The van der Waals surface area contributed by atoms with Gasteiger partial charge >= 0.3 is 6.03 Å². The van der Waals surface area contributed by atoms with Crippen molar-refractivity contribution in [1.82, 2.24) is 30.4 Å². The van der Waals surface area contributed by atoms with Gasteiger partial charge < -0.3 is 20.1 Å². The van der Waals surface area contributed by atoms with Crippen LogP contribution < -0.4 is 15.6 Å². The summed E-state index contributed by atoms with van der Waals surface area (Å²) in [7, 11) is 3.43. The van der Waals surface area contributed by atoms with Gasteiger partial charge in [0, 0.05) is 80.5 Å². The Morgan fingerprint density at radius 2 is 2.00 bits per heavy atom. The fourth-order valence-corrected chi connectivity index (χ4v) is 5.92. The van der Waals surface area contributed by atoms with Crippen molar-refractivity contribution in [3.8, 4) is 11.1 Å². The molecule has 1 aromatic carbocycles. The number of hydrazine groups is 1. The van der Waals surface area contributed by atoms with Crippen LogP contribution in [-0.2, 0) is 13.5 Å². The number of aromatic nitrogens is 2. The molecule has 3 aliphatic rings. The lowest BCUT2D eigenvalue weighted by Crippen LogP contribution is -2.61. The molecule has 1 atom stereocenters. The maximum absolute atomic E-state index is 14.4. The molecule has 0 aliphatic carbocycles. The molecule has 2 amide bonds. The Morgan fingerprint density at radius 3 is 2.64 bits per heavy atom. The van der Waals surface area contributed by atoms with Crippen LogP contribution in [-0.4, -0.2) is 64.1 Å². The number of alkyl halides is 2.